The Morgan fingerprint density at radius 1 is 1.50 bits per heavy atom. The molecule has 1 N–H and O–H groups in total. The molecule has 1 aromatic carbocycles. The lowest BCUT2D eigenvalue weighted by atomic mass is 9.93. The van der Waals surface area contributed by atoms with Gasteiger partial charge < -0.3 is 9.84 Å². The van der Waals surface area contributed by atoms with Gasteiger partial charge in [-0.15, -0.1) is 0 Å². The summed E-state index contributed by atoms with van der Waals surface area (Å²) in [6, 6.07) is 1.35. The van der Waals surface area contributed by atoms with Gasteiger partial charge in [-0.25, -0.2) is 4.39 Å². The molecule has 0 radical (unpaired) electrons. The van der Waals surface area contributed by atoms with Gasteiger partial charge >= 0.3 is 5.97 Å². The lowest BCUT2D eigenvalue weighted by Gasteiger charge is -2.17. The zero-order valence-electron chi connectivity index (χ0n) is 9.80. The Hall–Kier alpha value is -1.58. The summed E-state index contributed by atoms with van der Waals surface area (Å²) in [5, 5.41) is 8.98. The molecule has 0 saturated heterocycles. The van der Waals surface area contributed by atoms with E-state index in [4.69, 9.17) is 9.84 Å². The van der Waals surface area contributed by atoms with Gasteiger partial charge in [0, 0.05) is 5.56 Å². The number of carboxylic acid groups (broad SMARTS) is 1. The van der Waals surface area contributed by atoms with Gasteiger partial charge in [-0.3, -0.25) is 4.79 Å². The Morgan fingerprint density at radius 2 is 2.06 bits per heavy atom. The number of aryl methyl sites for hydroxylation is 1. The summed E-state index contributed by atoms with van der Waals surface area (Å²) in [6.45, 7) is 4.78. The highest BCUT2D eigenvalue weighted by Gasteiger charge is 2.23. The number of aliphatic carboxylic acids is 1. The van der Waals surface area contributed by atoms with Crippen molar-refractivity contribution in [1.29, 1.82) is 0 Å². The number of benzene rings is 1. The van der Waals surface area contributed by atoms with Crippen LogP contribution in [-0.2, 0) is 4.79 Å². The Labute approximate surface area is 93.9 Å². The summed E-state index contributed by atoms with van der Waals surface area (Å²) in [7, 11) is 1.46. The molecule has 4 heteroatoms. The van der Waals surface area contributed by atoms with Crippen molar-refractivity contribution in [1.82, 2.24) is 0 Å². The number of hydrogen-bond donors (Lipinski definition) is 1. The van der Waals surface area contributed by atoms with Crippen LogP contribution >= 0.6 is 0 Å². The molecule has 0 amide bonds. The van der Waals surface area contributed by atoms with Crippen molar-refractivity contribution >= 4 is 5.97 Å². The molecule has 3 nitrogen and oxygen atoms in total. The zero-order valence-corrected chi connectivity index (χ0v) is 9.80. The monoisotopic (exact) mass is 226 g/mol. The second-order valence-electron chi connectivity index (χ2n) is 3.81. The SMILES string of the molecule is COc1c(C)cc(F)c(C)c1C(C)C(=O)O. The molecule has 0 aliphatic rings. The lowest BCUT2D eigenvalue weighted by Crippen LogP contribution is -2.12. The Morgan fingerprint density at radius 3 is 2.50 bits per heavy atom. The summed E-state index contributed by atoms with van der Waals surface area (Å²) in [5.41, 5.74) is 1.35. The number of ether oxygens (including phenoxy) is 1. The highest BCUT2D eigenvalue weighted by atomic mass is 19.1. The molecule has 1 aromatic rings. The van der Waals surface area contributed by atoms with E-state index in [1.54, 1.807) is 13.8 Å². The first-order chi connectivity index (χ1) is 7.40. The largest absolute Gasteiger partial charge is 0.496 e. The van der Waals surface area contributed by atoms with E-state index in [-0.39, 0.29) is 0 Å². The van der Waals surface area contributed by atoms with Gasteiger partial charge in [-0.2, -0.15) is 0 Å². The Bertz CT molecular complexity index is 427. The molecule has 88 valence electrons. The van der Waals surface area contributed by atoms with E-state index < -0.39 is 17.7 Å². The van der Waals surface area contributed by atoms with E-state index in [1.165, 1.54) is 20.1 Å². The summed E-state index contributed by atoms with van der Waals surface area (Å²) in [6.07, 6.45) is 0. The second-order valence-corrected chi connectivity index (χ2v) is 3.81. The predicted octanol–water partition coefficient (Wildman–Crippen LogP) is 2.64. The quantitative estimate of drug-likeness (QED) is 0.861. The van der Waals surface area contributed by atoms with Crippen LogP contribution in [0.25, 0.3) is 0 Å². The van der Waals surface area contributed by atoms with Crippen LogP contribution in [0.15, 0.2) is 6.07 Å². The molecule has 0 saturated carbocycles. The minimum atomic E-state index is -0.994. The summed E-state index contributed by atoms with van der Waals surface area (Å²) < 4.78 is 18.7. The molecule has 1 atom stereocenters. The third-order valence-corrected chi connectivity index (χ3v) is 2.72. The molecule has 0 bridgehead atoms. The highest BCUT2D eigenvalue weighted by molar-refractivity contribution is 5.77. The van der Waals surface area contributed by atoms with Crippen molar-refractivity contribution in [3.05, 3.63) is 28.6 Å². The fourth-order valence-corrected chi connectivity index (χ4v) is 1.79. The number of carboxylic acids is 1. The fourth-order valence-electron chi connectivity index (χ4n) is 1.79. The molecule has 0 fully saturated rings. The van der Waals surface area contributed by atoms with Gasteiger partial charge in [0.15, 0.2) is 0 Å². The highest BCUT2D eigenvalue weighted by Crippen LogP contribution is 2.34. The summed E-state index contributed by atoms with van der Waals surface area (Å²) in [5.74, 6) is -1.73. The fraction of sp³-hybridized carbons (Fsp3) is 0.417. The van der Waals surface area contributed by atoms with Crippen molar-refractivity contribution in [3.63, 3.8) is 0 Å². The maximum Gasteiger partial charge on any atom is 0.310 e. The zero-order chi connectivity index (χ0) is 12.5. The minimum Gasteiger partial charge on any atom is -0.496 e. The van der Waals surface area contributed by atoms with Crippen LogP contribution in [0.2, 0.25) is 0 Å². The first-order valence-electron chi connectivity index (χ1n) is 4.96. The molecule has 0 aliphatic carbocycles. The minimum absolute atomic E-state index is 0.331. The normalized spacial score (nSPS) is 12.3. The maximum absolute atomic E-state index is 13.5. The van der Waals surface area contributed by atoms with Gasteiger partial charge in [0.05, 0.1) is 13.0 Å². The maximum atomic E-state index is 13.5. The van der Waals surface area contributed by atoms with Gasteiger partial charge in [0.25, 0.3) is 0 Å². The van der Waals surface area contributed by atoms with Gasteiger partial charge in [0.2, 0.25) is 0 Å². The van der Waals surface area contributed by atoms with Gasteiger partial charge in [-0.1, -0.05) is 0 Å². The number of rotatable bonds is 3. The van der Waals surface area contributed by atoms with Crippen molar-refractivity contribution in [3.8, 4) is 5.75 Å². The van der Waals surface area contributed by atoms with E-state index in [0.717, 1.165) is 0 Å². The van der Waals surface area contributed by atoms with Crippen LogP contribution < -0.4 is 4.74 Å². The molecule has 16 heavy (non-hydrogen) atoms. The third-order valence-electron chi connectivity index (χ3n) is 2.72. The van der Waals surface area contributed by atoms with Gasteiger partial charge in [-0.05, 0) is 38.0 Å². The van der Waals surface area contributed by atoms with Crippen LogP contribution in [0, 0.1) is 19.7 Å². The topological polar surface area (TPSA) is 46.5 Å². The van der Waals surface area contributed by atoms with Crippen molar-refractivity contribution < 1.29 is 19.0 Å². The average molecular weight is 226 g/mol. The third kappa shape index (κ3) is 2.01. The first-order valence-corrected chi connectivity index (χ1v) is 4.96. The molecule has 0 aliphatic heterocycles. The predicted molar refractivity (Wildman–Crippen MR) is 58.5 cm³/mol. The lowest BCUT2D eigenvalue weighted by molar-refractivity contribution is -0.138. The van der Waals surface area contributed by atoms with Crippen LogP contribution in [0.5, 0.6) is 5.75 Å². The Kier molecular flexibility index (Phi) is 3.52. The molecular weight excluding hydrogens is 211 g/mol. The van der Waals surface area contributed by atoms with E-state index in [1.807, 2.05) is 0 Å². The van der Waals surface area contributed by atoms with Crippen molar-refractivity contribution in [2.45, 2.75) is 26.7 Å². The smallest absolute Gasteiger partial charge is 0.310 e. The van der Waals surface area contributed by atoms with Crippen LogP contribution in [0.4, 0.5) is 4.39 Å². The van der Waals surface area contributed by atoms with Crippen molar-refractivity contribution in [2.75, 3.05) is 7.11 Å². The Balaban J connectivity index is 3.50. The van der Waals surface area contributed by atoms with Crippen molar-refractivity contribution in [2.24, 2.45) is 0 Å². The second kappa shape index (κ2) is 4.51. The first kappa shape index (κ1) is 12.5. The average Bonchev–Trinajstić information content (AvgIpc) is 2.21. The van der Waals surface area contributed by atoms with E-state index in [2.05, 4.69) is 0 Å². The molecule has 1 rings (SSSR count). The summed E-state index contributed by atoms with van der Waals surface area (Å²) >= 11 is 0. The number of carbonyl (C=O) groups is 1. The molecule has 0 aromatic heterocycles. The number of methoxy groups -OCH3 is 1. The number of hydrogen-bond acceptors (Lipinski definition) is 2. The van der Waals surface area contributed by atoms with Crippen LogP contribution in [0.1, 0.15) is 29.5 Å². The van der Waals surface area contributed by atoms with Gasteiger partial charge in [0.1, 0.15) is 11.6 Å². The molecule has 0 heterocycles. The molecule has 1 unspecified atom stereocenters. The summed E-state index contributed by atoms with van der Waals surface area (Å²) in [4.78, 5) is 11.0. The van der Waals surface area contributed by atoms with E-state index in [0.29, 0.717) is 22.4 Å². The molecule has 0 spiro atoms. The number of halogens is 1. The van der Waals surface area contributed by atoms with Crippen LogP contribution in [-0.4, -0.2) is 18.2 Å². The standard InChI is InChI=1S/C12H15FO3/c1-6-5-9(13)7(2)10(11(6)16-4)8(3)12(14)15/h5,8H,1-4H3,(H,14,15). The van der Waals surface area contributed by atoms with E-state index >= 15 is 0 Å². The van der Waals surface area contributed by atoms with Crippen LogP contribution in [0.3, 0.4) is 0 Å². The van der Waals surface area contributed by atoms with E-state index in [9.17, 15) is 9.18 Å². The molecular formula is C12H15FO3.